The molecule has 0 aliphatic heterocycles. The minimum atomic E-state index is 0.413. The third-order valence-corrected chi connectivity index (χ3v) is 3.89. The van der Waals surface area contributed by atoms with Gasteiger partial charge in [0.05, 0.1) is 6.54 Å². The van der Waals surface area contributed by atoms with Crippen LogP contribution in [0.3, 0.4) is 0 Å². The van der Waals surface area contributed by atoms with Crippen molar-refractivity contribution in [2.75, 3.05) is 0 Å². The molecule has 1 N–H and O–H groups in total. The van der Waals surface area contributed by atoms with Crippen molar-refractivity contribution in [3.05, 3.63) is 71.4 Å². The van der Waals surface area contributed by atoms with Gasteiger partial charge in [-0.25, -0.2) is 0 Å². The maximum Gasteiger partial charge on any atom is 0.117 e. The summed E-state index contributed by atoms with van der Waals surface area (Å²) in [7, 11) is 0. The van der Waals surface area contributed by atoms with Crippen LogP contribution in [0.25, 0.3) is 11.3 Å². The van der Waals surface area contributed by atoms with E-state index in [1.807, 2.05) is 18.2 Å². The van der Waals surface area contributed by atoms with E-state index >= 15 is 0 Å². The lowest BCUT2D eigenvalue weighted by atomic mass is 10.1. The Bertz CT molecular complexity index is 773. The molecule has 0 radical (unpaired) electrons. The first-order chi connectivity index (χ1) is 11.6. The van der Waals surface area contributed by atoms with Crippen LogP contribution in [0.15, 0.2) is 54.6 Å². The van der Waals surface area contributed by atoms with Gasteiger partial charge in [-0.3, -0.25) is 0 Å². The van der Waals surface area contributed by atoms with E-state index in [1.165, 1.54) is 11.1 Å². The molecular formula is C20H24N4. The largest absolute Gasteiger partial charge is 0.309 e. The molecule has 24 heavy (non-hydrogen) atoms. The zero-order valence-electron chi connectivity index (χ0n) is 14.5. The van der Waals surface area contributed by atoms with Crippen LogP contribution >= 0.6 is 0 Å². The maximum absolute atomic E-state index is 4.74. The maximum atomic E-state index is 4.74. The zero-order chi connectivity index (χ0) is 16.9. The quantitative estimate of drug-likeness (QED) is 0.751. The molecule has 0 bridgehead atoms. The highest BCUT2D eigenvalue weighted by molar-refractivity contribution is 5.60. The summed E-state index contributed by atoms with van der Waals surface area (Å²) in [5.74, 6) is 0. The second-order valence-corrected chi connectivity index (χ2v) is 6.41. The Hall–Kier alpha value is -2.46. The van der Waals surface area contributed by atoms with E-state index in [2.05, 4.69) is 62.5 Å². The fourth-order valence-electron chi connectivity index (χ4n) is 2.55. The highest BCUT2D eigenvalue weighted by Crippen LogP contribution is 2.20. The molecule has 4 heteroatoms. The molecule has 0 saturated heterocycles. The van der Waals surface area contributed by atoms with Crippen LogP contribution < -0.4 is 5.32 Å². The van der Waals surface area contributed by atoms with Gasteiger partial charge in [0, 0.05) is 18.2 Å². The number of benzene rings is 2. The second-order valence-electron chi connectivity index (χ2n) is 6.41. The topological polar surface area (TPSA) is 42.7 Å². The van der Waals surface area contributed by atoms with Crippen LogP contribution in [0.2, 0.25) is 0 Å². The highest BCUT2D eigenvalue weighted by atomic mass is 15.5. The Labute approximate surface area is 143 Å². The molecule has 1 heterocycles. The number of nitrogens with zero attached hydrogens (tertiary/aromatic N) is 3. The summed E-state index contributed by atoms with van der Waals surface area (Å²) >= 11 is 0. The van der Waals surface area contributed by atoms with Crippen molar-refractivity contribution in [2.45, 2.75) is 39.9 Å². The van der Waals surface area contributed by atoms with Crippen LogP contribution in [0, 0.1) is 6.92 Å². The molecule has 0 spiro atoms. The third kappa shape index (κ3) is 4.09. The summed E-state index contributed by atoms with van der Waals surface area (Å²) in [5.41, 5.74) is 5.52. The minimum absolute atomic E-state index is 0.413. The molecule has 2 aromatic carbocycles. The van der Waals surface area contributed by atoms with Crippen LogP contribution in [-0.2, 0) is 13.1 Å². The lowest BCUT2D eigenvalue weighted by Gasteiger charge is -2.06. The van der Waals surface area contributed by atoms with Gasteiger partial charge in [-0.15, -0.1) is 0 Å². The fourth-order valence-corrected chi connectivity index (χ4v) is 2.55. The Morgan fingerprint density at radius 2 is 1.67 bits per heavy atom. The monoisotopic (exact) mass is 320 g/mol. The predicted molar refractivity (Wildman–Crippen MR) is 97.7 cm³/mol. The molecular weight excluding hydrogens is 296 g/mol. The van der Waals surface area contributed by atoms with Crippen molar-refractivity contribution in [2.24, 2.45) is 0 Å². The predicted octanol–water partition coefficient (Wildman–Crippen LogP) is 3.80. The average Bonchev–Trinajstić information content (AvgIpc) is 2.99. The lowest BCUT2D eigenvalue weighted by Crippen LogP contribution is -2.22. The molecule has 0 saturated carbocycles. The van der Waals surface area contributed by atoms with Crippen LogP contribution in [-0.4, -0.2) is 21.0 Å². The molecule has 0 aliphatic rings. The normalized spacial score (nSPS) is 11.2. The first-order valence-corrected chi connectivity index (χ1v) is 8.40. The molecule has 3 aromatic rings. The van der Waals surface area contributed by atoms with E-state index in [1.54, 1.807) is 4.80 Å². The van der Waals surface area contributed by atoms with E-state index in [9.17, 15) is 0 Å². The summed E-state index contributed by atoms with van der Waals surface area (Å²) < 4.78 is 0. The van der Waals surface area contributed by atoms with Gasteiger partial charge in [0.2, 0.25) is 0 Å². The van der Waals surface area contributed by atoms with Gasteiger partial charge in [-0.1, -0.05) is 74.0 Å². The average molecular weight is 320 g/mol. The number of nitrogens with one attached hydrogen (secondary N) is 1. The summed E-state index contributed by atoms with van der Waals surface area (Å²) in [6.45, 7) is 7.77. The van der Waals surface area contributed by atoms with E-state index < -0.39 is 0 Å². The molecule has 4 nitrogen and oxygen atoms in total. The van der Waals surface area contributed by atoms with Crippen LogP contribution in [0.1, 0.15) is 30.7 Å². The van der Waals surface area contributed by atoms with Crippen molar-refractivity contribution in [1.82, 2.24) is 20.3 Å². The van der Waals surface area contributed by atoms with E-state index in [4.69, 9.17) is 10.2 Å². The number of rotatable bonds is 6. The number of hydrogen-bond acceptors (Lipinski definition) is 3. The molecule has 0 fully saturated rings. The summed E-state index contributed by atoms with van der Waals surface area (Å²) in [6.07, 6.45) is 0. The Morgan fingerprint density at radius 3 is 2.33 bits per heavy atom. The first kappa shape index (κ1) is 16.4. The second kappa shape index (κ2) is 7.41. The van der Waals surface area contributed by atoms with Gasteiger partial charge >= 0.3 is 0 Å². The number of aromatic nitrogens is 3. The number of hydrogen-bond donors (Lipinski definition) is 1. The summed E-state index contributed by atoms with van der Waals surface area (Å²) in [4.78, 5) is 1.80. The van der Waals surface area contributed by atoms with Crippen molar-refractivity contribution in [1.29, 1.82) is 0 Å². The van der Waals surface area contributed by atoms with Gasteiger partial charge < -0.3 is 5.32 Å². The van der Waals surface area contributed by atoms with Gasteiger partial charge in [0.1, 0.15) is 11.4 Å². The van der Waals surface area contributed by atoms with Crippen LogP contribution in [0.4, 0.5) is 0 Å². The van der Waals surface area contributed by atoms with Gasteiger partial charge in [-0.05, 0) is 12.5 Å². The highest BCUT2D eigenvalue weighted by Gasteiger charge is 2.13. The zero-order valence-corrected chi connectivity index (χ0v) is 14.5. The molecule has 0 amide bonds. The van der Waals surface area contributed by atoms with E-state index in [-0.39, 0.29) is 0 Å². The summed E-state index contributed by atoms with van der Waals surface area (Å²) in [5, 5.41) is 12.9. The Balaban J connectivity index is 1.88. The minimum Gasteiger partial charge on any atom is -0.309 e. The molecule has 1 aromatic heterocycles. The Morgan fingerprint density at radius 1 is 0.958 bits per heavy atom. The molecule has 0 atom stereocenters. The van der Waals surface area contributed by atoms with Crippen LogP contribution in [0.5, 0.6) is 0 Å². The van der Waals surface area contributed by atoms with Gasteiger partial charge in [0.25, 0.3) is 0 Å². The van der Waals surface area contributed by atoms with E-state index in [0.717, 1.165) is 23.5 Å². The third-order valence-electron chi connectivity index (χ3n) is 3.89. The van der Waals surface area contributed by atoms with E-state index in [0.29, 0.717) is 12.6 Å². The molecule has 0 aliphatic carbocycles. The van der Waals surface area contributed by atoms with Crippen molar-refractivity contribution >= 4 is 0 Å². The fraction of sp³-hybridized carbons (Fsp3) is 0.300. The molecule has 124 valence electrons. The SMILES string of the molecule is Cc1ccc(Cn2nc(CNC(C)C)c(-c3ccccc3)n2)cc1. The van der Waals surface area contributed by atoms with Gasteiger partial charge in [0.15, 0.2) is 0 Å². The molecule has 3 rings (SSSR count). The van der Waals surface area contributed by atoms with Crippen molar-refractivity contribution in [3.63, 3.8) is 0 Å². The number of aryl methyl sites for hydroxylation is 1. The van der Waals surface area contributed by atoms with Gasteiger partial charge in [-0.2, -0.15) is 15.0 Å². The Kier molecular flexibility index (Phi) is 5.06. The van der Waals surface area contributed by atoms with Crippen molar-refractivity contribution in [3.8, 4) is 11.3 Å². The first-order valence-electron chi connectivity index (χ1n) is 8.40. The smallest absolute Gasteiger partial charge is 0.117 e. The summed E-state index contributed by atoms with van der Waals surface area (Å²) in [6, 6.07) is 19.2. The standard InChI is InChI=1S/C20H24N4/c1-15(2)21-13-19-20(18-7-5-4-6-8-18)23-24(22-19)14-17-11-9-16(3)10-12-17/h4-12,15,21H,13-14H2,1-3H3. The lowest BCUT2D eigenvalue weighted by molar-refractivity contribution is 0.554. The molecule has 0 unspecified atom stereocenters. The van der Waals surface area contributed by atoms with Crippen molar-refractivity contribution < 1.29 is 0 Å².